The van der Waals surface area contributed by atoms with Crippen LogP contribution in [0.15, 0.2) is 39.8 Å². The molecular weight excluding hydrogens is 298 g/mol. The van der Waals surface area contributed by atoms with Crippen molar-refractivity contribution in [2.24, 2.45) is 4.99 Å². The van der Waals surface area contributed by atoms with Gasteiger partial charge in [0, 0.05) is 15.6 Å². The van der Waals surface area contributed by atoms with Crippen LogP contribution in [-0.4, -0.2) is 5.71 Å². The Balaban J connectivity index is 2.17. The van der Waals surface area contributed by atoms with Crippen molar-refractivity contribution in [3.8, 4) is 0 Å². The predicted molar refractivity (Wildman–Crippen MR) is 84.1 cm³/mol. The summed E-state index contributed by atoms with van der Waals surface area (Å²) in [6, 6.07) is 10.9. The molecule has 0 saturated heterocycles. The van der Waals surface area contributed by atoms with Crippen molar-refractivity contribution in [2.45, 2.75) is 27.3 Å². The number of rotatable bonds is 1. The molecule has 0 bridgehead atoms. The Morgan fingerprint density at radius 1 is 1.00 bits per heavy atom. The van der Waals surface area contributed by atoms with E-state index >= 15 is 0 Å². The van der Waals surface area contributed by atoms with E-state index in [0.717, 1.165) is 16.7 Å². The molecule has 0 fully saturated rings. The fourth-order valence-corrected chi connectivity index (χ4v) is 3.35. The minimum atomic E-state index is 0.789. The number of aliphatic imine (C=N–C) groups is 1. The molecule has 1 aliphatic rings. The van der Waals surface area contributed by atoms with Crippen LogP contribution >= 0.6 is 15.9 Å². The minimum absolute atomic E-state index is 0.789. The maximum absolute atomic E-state index is 4.76. The van der Waals surface area contributed by atoms with Gasteiger partial charge in [0.2, 0.25) is 0 Å². The van der Waals surface area contributed by atoms with Crippen LogP contribution in [0, 0.1) is 20.8 Å². The van der Waals surface area contributed by atoms with Crippen molar-refractivity contribution in [1.29, 1.82) is 0 Å². The Morgan fingerprint density at radius 3 is 2.37 bits per heavy atom. The van der Waals surface area contributed by atoms with Crippen LogP contribution in [0.3, 0.4) is 0 Å². The molecule has 1 heterocycles. The zero-order chi connectivity index (χ0) is 13.6. The lowest BCUT2D eigenvalue weighted by molar-refractivity contribution is 1.10. The van der Waals surface area contributed by atoms with Crippen molar-refractivity contribution in [3.63, 3.8) is 0 Å². The first-order valence-electron chi connectivity index (χ1n) is 6.48. The molecule has 0 aromatic heterocycles. The second-order valence-electron chi connectivity index (χ2n) is 5.24. The lowest BCUT2D eigenvalue weighted by Crippen LogP contribution is -2.06. The normalized spacial score (nSPS) is 13.4. The fourth-order valence-electron chi connectivity index (χ4n) is 2.94. The molecular formula is C17H16BrN. The van der Waals surface area contributed by atoms with E-state index in [4.69, 9.17) is 4.99 Å². The molecule has 0 atom stereocenters. The number of fused-ring (bicyclic) bond motifs is 1. The topological polar surface area (TPSA) is 12.4 Å². The summed E-state index contributed by atoms with van der Waals surface area (Å²) in [6.45, 7) is 7.28. The number of halogens is 1. The van der Waals surface area contributed by atoms with Crippen LogP contribution in [-0.2, 0) is 6.54 Å². The number of hydrogen-bond acceptors (Lipinski definition) is 1. The highest BCUT2D eigenvalue weighted by Crippen LogP contribution is 2.29. The minimum Gasteiger partial charge on any atom is -0.279 e. The van der Waals surface area contributed by atoms with Gasteiger partial charge in [-0.1, -0.05) is 39.7 Å². The van der Waals surface area contributed by atoms with Crippen molar-refractivity contribution in [3.05, 3.63) is 68.2 Å². The van der Waals surface area contributed by atoms with Gasteiger partial charge in [-0.15, -0.1) is 0 Å². The first-order valence-corrected chi connectivity index (χ1v) is 7.27. The lowest BCUT2D eigenvalue weighted by atomic mass is 9.92. The van der Waals surface area contributed by atoms with Crippen molar-refractivity contribution in [2.75, 3.05) is 0 Å². The summed E-state index contributed by atoms with van der Waals surface area (Å²) in [7, 11) is 0. The number of aryl methyl sites for hydroxylation is 3. The van der Waals surface area contributed by atoms with Gasteiger partial charge >= 0.3 is 0 Å². The highest BCUT2D eigenvalue weighted by atomic mass is 79.9. The molecule has 1 nitrogen and oxygen atoms in total. The van der Waals surface area contributed by atoms with E-state index in [1.165, 1.54) is 33.4 Å². The second kappa shape index (κ2) is 4.61. The highest BCUT2D eigenvalue weighted by molar-refractivity contribution is 9.10. The smallest absolute Gasteiger partial charge is 0.0731 e. The fraction of sp³-hybridized carbons (Fsp3) is 0.235. The Kier molecular flexibility index (Phi) is 3.06. The molecule has 0 saturated carbocycles. The van der Waals surface area contributed by atoms with E-state index in [2.05, 4.69) is 67.0 Å². The maximum Gasteiger partial charge on any atom is 0.0731 e. The number of hydrogen-bond donors (Lipinski definition) is 0. The predicted octanol–water partition coefficient (Wildman–Crippen LogP) is 4.73. The molecule has 2 heteroatoms. The van der Waals surface area contributed by atoms with E-state index in [1.807, 2.05) is 0 Å². The van der Waals surface area contributed by atoms with Gasteiger partial charge in [0.1, 0.15) is 0 Å². The van der Waals surface area contributed by atoms with Gasteiger partial charge in [-0.2, -0.15) is 0 Å². The molecule has 0 radical (unpaired) electrons. The van der Waals surface area contributed by atoms with Crippen LogP contribution in [0.25, 0.3) is 0 Å². The number of nitrogens with zero attached hydrogens (tertiary/aromatic N) is 1. The Morgan fingerprint density at radius 2 is 1.68 bits per heavy atom. The van der Waals surface area contributed by atoms with E-state index in [0.29, 0.717) is 0 Å². The largest absolute Gasteiger partial charge is 0.279 e. The van der Waals surface area contributed by atoms with E-state index in [1.54, 1.807) is 0 Å². The van der Waals surface area contributed by atoms with Gasteiger partial charge in [-0.3, -0.25) is 4.99 Å². The second-order valence-corrected chi connectivity index (χ2v) is 6.16. The summed E-state index contributed by atoms with van der Waals surface area (Å²) < 4.78 is 1.13. The Hall–Kier alpha value is -1.41. The molecule has 96 valence electrons. The van der Waals surface area contributed by atoms with Crippen LogP contribution in [0.1, 0.15) is 33.4 Å². The molecule has 0 spiro atoms. The van der Waals surface area contributed by atoms with Gasteiger partial charge in [0.15, 0.2) is 0 Å². The molecule has 0 aliphatic carbocycles. The van der Waals surface area contributed by atoms with Gasteiger partial charge in [-0.25, -0.2) is 0 Å². The van der Waals surface area contributed by atoms with Gasteiger partial charge in [-0.05, 0) is 49.6 Å². The van der Waals surface area contributed by atoms with Crippen molar-refractivity contribution >= 4 is 21.6 Å². The third-order valence-corrected chi connectivity index (χ3v) is 4.14. The third kappa shape index (κ3) is 2.14. The van der Waals surface area contributed by atoms with E-state index in [-0.39, 0.29) is 0 Å². The quantitative estimate of drug-likeness (QED) is 0.722. The summed E-state index contributed by atoms with van der Waals surface area (Å²) in [5, 5.41) is 0. The van der Waals surface area contributed by atoms with Gasteiger partial charge in [0.05, 0.1) is 12.3 Å². The molecule has 0 amide bonds. The first kappa shape index (κ1) is 12.6. The Labute approximate surface area is 122 Å². The summed E-state index contributed by atoms with van der Waals surface area (Å²) in [5.74, 6) is 0. The molecule has 2 aromatic carbocycles. The van der Waals surface area contributed by atoms with E-state index < -0.39 is 0 Å². The first-order chi connectivity index (χ1) is 9.06. The third-order valence-electron chi connectivity index (χ3n) is 3.64. The zero-order valence-electron chi connectivity index (χ0n) is 11.4. The molecule has 2 aromatic rings. The molecule has 0 unspecified atom stereocenters. The average Bonchev–Trinajstić information content (AvgIpc) is 2.71. The summed E-state index contributed by atoms with van der Waals surface area (Å²) >= 11 is 3.53. The standard InChI is InChI=1S/C17H16BrN/c1-10-6-11(2)16(12(3)7-10)17-15-5-4-14(18)8-13(15)9-19-17/h4-8H,9H2,1-3H3. The summed E-state index contributed by atoms with van der Waals surface area (Å²) in [6.07, 6.45) is 0. The number of benzene rings is 2. The average molecular weight is 314 g/mol. The van der Waals surface area contributed by atoms with Crippen LogP contribution in [0.2, 0.25) is 0 Å². The highest BCUT2D eigenvalue weighted by Gasteiger charge is 2.20. The van der Waals surface area contributed by atoms with E-state index in [9.17, 15) is 0 Å². The maximum atomic E-state index is 4.76. The van der Waals surface area contributed by atoms with Crippen molar-refractivity contribution in [1.82, 2.24) is 0 Å². The van der Waals surface area contributed by atoms with Gasteiger partial charge < -0.3 is 0 Å². The molecule has 19 heavy (non-hydrogen) atoms. The summed E-state index contributed by atoms with van der Waals surface area (Å²) in [5.41, 5.74) is 8.97. The Bertz CT molecular complexity index is 675. The van der Waals surface area contributed by atoms with Crippen molar-refractivity contribution < 1.29 is 0 Å². The molecule has 1 aliphatic heterocycles. The van der Waals surface area contributed by atoms with Gasteiger partial charge in [0.25, 0.3) is 0 Å². The van der Waals surface area contributed by atoms with Crippen LogP contribution < -0.4 is 0 Å². The summed E-state index contributed by atoms with van der Waals surface area (Å²) in [4.78, 5) is 4.76. The molecule has 0 N–H and O–H groups in total. The monoisotopic (exact) mass is 313 g/mol. The lowest BCUT2D eigenvalue weighted by Gasteiger charge is -2.12. The van der Waals surface area contributed by atoms with Crippen LogP contribution in [0.4, 0.5) is 0 Å². The van der Waals surface area contributed by atoms with Crippen LogP contribution in [0.5, 0.6) is 0 Å². The SMILES string of the molecule is Cc1cc(C)c(C2=NCc3cc(Br)ccc32)c(C)c1. The molecule has 3 rings (SSSR count). The zero-order valence-corrected chi connectivity index (χ0v) is 13.0.